The highest BCUT2D eigenvalue weighted by molar-refractivity contribution is 5.68. The molecule has 0 spiro atoms. The van der Waals surface area contributed by atoms with Crippen LogP contribution in [0.25, 0.3) is 0 Å². The molecule has 0 aromatic heterocycles. The van der Waals surface area contributed by atoms with E-state index in [0.717, 1.165) is 18.8 Å². The van der Waals surface area contributed by atoms with Crippen LogP contribution in [0.1, 0.15) is 69.9 Å². The monoisotopic (exact) mass is 317 g/mol. The number of benzene rings is 1. The highest BCUT2D eigenvalue weighted by Gasteiger charge is 2.25. The SMILES string of the molecule is COC(=O)CCCC(NC(C)c1ccccc1)C1CCCCC1. The lowest BCUT2D eigenvalue weighted by molar-refractivity contribution is -0.140. The quantitative estimate of drug-likeness (QED) is 0.710. The van der Waals surface area contributed by atoms with Crippen molar-refractivity contribution in [1.29, 1.82) is 0 Å². The summed E-state index contributed by atoms with van der Waals surface area (Å²) < 4.78 is 4.77. The maximum absolute atomic E-state index is 11.4. The smallest absolute Gasteiger partial charge is 0.305 e. The lowest BCUT2D eigenvalue weighted by atomic mass is 9.81. The molecule has 2 unspecified atom stereocenters. The van der Waals surface area contributed by atoms with Gasteiger partial charge in [0.2, 0.25) is 0 Å². The van der Waals surface area contributed by atoms with Gasteiger partial charge in [0.1, 0.15) is 0 Å². The molecule has 3 nitrogen and oxygen atoms in total. The zero-order chi connectivity index (χ0) is 16.5. The van der Waals surface area contributed by atoms with E-state index in [0.29, 0.717) is 18.5 Å². The number of carbonyl (C=O) groups is 1. The fraction of sp³-hybridized carbons (Fsp3) is 0.650. The first-order valence-electron chi connectivity index (χ1n) is 9.08. The summed E-state index contributed by atoms with van der Waals surface area (Å²) in [5.41, 5.74) is 1.33. The number of hydrogen-bond donors (Lipinski definition) is 1. The molecule has 2 rings (SSSR count). The number of nitrogens with one attached hydrogen (secondary N) is 1. The second-order valence-corrected chi connectivity index (χ2v) is 6.77. The van der Waals surface area contributed by atoms with Crippen LogP contribution < -0.4 is 5.32 Å². The predicted octanol–water partition coefficient (Wildman–Crippen LogP) is 4.63. The number of rotatable bonds is 8. The number of esters is 1. The highest BCUT2D eigenvalue weighted by Crippen LogP contribution is 2.30. The minimum absolute atomic E-state index is 0.0940. The van der Waals surface area contributed by atoms with Crippen LogP contribution in [0.5, 0.6) is 0 Å². The van der Waals surface area contributed by atoms with Gasteiger partial charge in [-0.1, -0.05) is 49.6 Å². The molecule has 1 aromatic rings. The minimum atomic E-state index is -0.0940. The second kappa shape index (κ2) is 9.71. The molecule has 2 atom stereocenters. The molecule has 1 aliphatic rings. The fourth-order valence-corrected chi connectivity index (χ4v) is 3.72. The molecular formula is C20H31NO2. The van der Waals surface area contributed by atoms with Crippen LogP contribution in [0.2, 0.25) is 0 Å². The maximum Gasteiger partial charge on any atom is 0.305 e. The molecule has 0 aliphatic heterocycles. The Kier molecular flexibility index (Phi) is 7.60. The molecule has 0 amide bonds. The van der Waals surface area contributed by atoms with E-state index in [2.05, 4.69) is 42.6 Å². The average molecular weight is 317 g/mol. The Bertz CT molecular complexity index is 454. The summed E-state index contributed by atoms with van der Waals surface area (Å²) in [5.74, 6) is 0.649. The van der Waals surface area contributed by atoms with Gasteiger partial charge in [0.15, 0.2) is 0 Å². The highest BCUT2D eigenvalue weighted by atomic mass is 16.5. The van der Waals surface area contributed by atoms with Crippen LogP contribution in [0.15, 0.2) is 30.3 Å². The molecule has 0 heterocycles. The molecular weight excluding hydrogens is 286 g/mol. The van der Waals surface area contributed by atoms with Gasteiger partial charge in [0.05, 0.1) is 7.11 Å². The van der Waals surface area contributed by atoms with Gasteiger partial charge in [-0.05, 0) is 44.1 Å². The van der Waals surface area contributed by atoms with Crippen molar-refractivity contribution in [3.8, 4) is 0 Å². The third-order valence-corrected chi connectivity index (χ3v) is 5.11. The predicted molar refractivity (Wildman–Crippen MR) is 94.2 cm³/mol. The fourth-order valence-electron chi connectivity index (χ4n) is 3.72. The molecule has 0 saturated heterocycles. The molecule has 3 heteroatoms. The van der Waals surface area contributed by atoms with Crippen molar-refractivity contribution in [2.75, 3.05) is 7.11 Å². The van der Waals surface area contributed by atoms with E-state index in [4.69, 9.17) is 4.74 Å². The van der Waals surface area contributed by atoms with Crippen molar-refractivity contribution in [1.82, 2.24) is 5.32 Å². The molecule has 1 N–H and O–H groups in total. The molecule has 1 saturated carbocycles. The summed E-state index contributed by atoms with van der Waals surface area (Å²) in [6, 6.07) is 11.5. The summed E-state index contributed by atoms with van der Waals surface area (Å²) >= 11 is 0. The summed E-state index contributed by atoms with van der Waals surface area (Å²) in [6.45, 7) is 2.24. The molecule has 23 heavy (non-hydrogen) atoms. The minimum Gasteiger partial charge on any atom is -0.469 e. The van der Waals surface area contributed by atoms with Gasteiger partial charge in [-0.2, -0.15) is 0 Å². The first-order chi connectivity index (χ1) is 11.2. The third kappa shape index (κ3) is 5.98. The Morgan fingerprint density at radius 3 is 2.57 bits per heavy atom. The lowest BCUT2D eigenvalue weighted by Crippen LogP contribution is -2.39. The van der Waals surface area contributed by atoms with Crippen LogP contribution in [0.4, 0.5) is 0 Å². The van der Waals surface area contributed by atoms with Crippen molar-refractivity contribution >= 4 is 5.97 Å². The number of ether oxygens (including phenoxy) is 1. The Balaban J connectivity index is 1.93. The summed E-state index contributed by atoms with van der Waals surface area (Å²) in [6.07, 6.45) is 9.19. The Hall–Kier alpha value is -1.35. The summed E-state index contributed by atoms with van der Waals surface area (Å²) in [5, 5.41) is 3.84. The van der Waals surface area contributed by atoms with Gasteiger partial charge in [-0.15, -0.1) is 0 Å². The van der Waals surface area contributed by atoms with Gasteiger partial charge in [0, 0.05) is 18.5 Å². The molecule has 0 radical (unpaired) electrons. The molecule has 1 fully saturated rings. The first-order valence-corrected chi connectivity index (χ1v) is 9.08. The molecule has 0 bridgehead atoms. The zero-order valence-corrected chi connectivity index (χ0v) is 14.6. The van der Waals surface area contributed by atoms with Crippen molar-refractivity contribution < 1.29 is 9.53 Å². The van der Waals surface area contributed by atoms with Gasteiger partial charge in [-0.25, -0.2) is 0 Å². The first kappa shape index (κ1) is 18.0. The number of hydrogen-bond acceptors (Lipinski definition) is 3. The van der Waals surface area contributed by atoms with Crippen LogP contribution in [0, 0.1) is 5.92 Å². The standard InChI is InChI=1S/C20H31NO2/c1-16(17-10-5-3-6-11-17)21-19(14-9-15-20(22)23-2)18-12-7-4-8-13-18/h3,5-6,10-11,16,18-19,21H,4,7-9,12-15H2,1-2H3. The molecule has 1 aliphatic carbocycles. The van der Waals surface area contributed by atoms with Crippen LogP contribution in [-0.2, 0) is 9.53 Å². The van der Waals surface area contributed by atoms with Crippen molar-refractivity contribution in [3.05, 3.63) is 35.9 Å². The van der Waals surface area contributed by atoms with Gasteiger partial charge in [-0.3, -0.25) is 4.79 Å². The van der Waals surface area contributed by atoms with Gasteiger partial charge >= 0.3 is 5.97 Å². The Morgan fingerprint density at radius 2 is 1.91 bits per heavy atom. The largest absolute Gasteiger partial charge is 0.469 e. The number of carbonyl (C=O) groups excluding carboxylic acids is 1. The normalized spacial score (nSPS) is 18.3. The van der Waals surface area contributed by atoms with Crippen molar-refractivity contribution in [2.24, 2.45) is 5.92 Å². The Morgan fingerprint density at radius 1 is 1.22 bits per heavy atom. The van der Waals surface area contributed by atoms with E-state index in [-0.39, 0.29) is 5.97 Å². The van der Waals surface area contributed by atoms with E-state index in [1.807, 2.05) is 0 Å². The summed E-state index contributed by atoms with van der Waals surface area (Å²) in [4.78, 5) is 11.4. The van der Waals surface area contributed by atoms with Crippen LogP contribution in [-0.4, -0.2) is 19.1 Å². The van der Waals surface area contributed by atoms with E-state index < -0.39 is 0 Å². The average Bonchev–Trinajstić information content (AvgIpc) is 2.62. The second-order valence-electron chi connectivity index (χ2n) is 6.77. The van der Waals surface area contributed by atoms with Crippen LogP contribution in [0.3, 0.4) is 0 Å². The molecule has 1 aromatic carbocycles. The van der Waals surface area contributed by atoms with E-state index >= 15 is 0 Å². The van der Waals surface area contributed by atoms with E-state index in [1.165, 1.54) is 44.8 Å². The summed E-state index contributed by atoms with van der Waals surface area (Å²) in [7, 11) is 1.47. The van der Waals surface area contributed by atoms with Crippen LogP contribution >= 0.6 is 0 Å². The van der Waals surface area contributed by atoms with Gasteiger partial charge < -0.3 is 10.1 Å². The lowest BCUT2D eigenvalue weighted by Gasteiger charge is -2.33. The van der Waals surface area contributed by atoms with Crippen molar-refractivity contribution in [3.63, 3.8) is 0 Å². The zero-order valence-electron chi connectivity index (χ0n) is 14.6. The van der Waals surface area contributed by atoms with Crippen molar-refractivity contribution in [2.45, 2.75) is 70.4 Å². The third-order valence-electron chi connectivity index (χ3n) is 5.11. The maximum atomic E-state index is 11.4. The topological polar surface area (TPSA) is 38.3 Å². The Labute approximate surface area is 140 Å². The van der Waals surface area contributed by atoms with E-state index in [1.54, 1.807) is 0 Å². The number of methoxy groups -OCH3 is 1. The van der Waals surface area contributed by atoms with E-state index in [9.17, 15) is 4.79 Å². The van der Waals surface area contributed by atoms with Gasteiger partial charge in [0.25, 0.3) is 0 Å². The molecule has 128 valence electrons.